The standard InChI is InChI=1S/C24H24F2N6/c1-14(7-15-5-3-4-6-15)29-17-8-19(25)23(20(26)9-17)21-10-18-22(12-27-21)30-31-24(18)16-11-28-32(2)13-16/h8-13,15,29H,1,3-7H2,2H3,(H,30,31). The Morgan fingerprint density at radius 2 is 1.94 bits per heavy atom. The number of aromatic amines is 1. The smallest absolute Gasteiger partial charge is 0.137 e. The van der Waals surface area contributed by atoms with Gasteiger partial charge in [0.25, 0.3) is 0 Å². The molecule has 0 amide bonds. The molecule has 0 radical (unpaired) electrons. The molecule has 2 N–H and O–H groups in total. The number of hydrogen-bond donors (Lipinski definition) is 2. The third-order valence-electron chi connectivity index (χ3n) is 6.05. The Morgan fingerprint density at radius 1 is 1.19 bits per heavy atom. The van der Waals surface area contributed by atoms with Crippen molar-refractivity contribution in [2.75, 3.05) is 5.32 Å². The molecule has 0 bridgehead atoms. The van der Waals surface area contributed by atoms with E-state index < -0.39 is 11.6 Å². The molecule has 3 aromatic heterocycles. The number of allylic oxidation sites excluding steroid dienone is 1. The number of nitrogens with zero attached hydrogens (tertiary/aromatic N) is 4. The monoisotopic (exact) mass is 434 g/mol. The van der Waals surface area contributed by atoms with Crippen LogP contribution < -0.4 is 5.32 Å². The number of pyridine rings is 1. The van der Waals surface area contributed by atoms with E-state index in [2.05, 4.69) is 32.2 Å². The van der Waals surface area contributed by atoms with Crippen LogP contribution in [0, 0.1) is 17.6 Å². The fourth-order valence-corrected chi connectivity index (χ4v) is 4.53. The van der Waals surface area contributed by atoms with Crippen molar-refractivity contribution >= 4 is 16.6 Å². The highest BCUT2D eigenvalue weighted by Gasteiger charge is 2.19. The average Bonchev–Trinajstić information content (AvgIpc) is 3.48. The zero-order valence-electron chi connectivity index (χ0n) is 17.8. The molecule has 1 aliphatic rings. The third kappa shape index (κ3) is 3.88. The highest BCUT2D eigenvalue weighted by molar-refractivity contribution is 5.94. The third-order valence-corrected chi connectivity index (χ3v) is 6.05. The molecule has 0 spiro atoms. The molecular formula is C24H24F2N6. The molecular weight excluding hydrogens is 410 g/mol. The summed E-state index contributed by atoms with van der Waals surface area (Å²) in [5.74, 6) is -0.761. The highest BCUT2D eigenvalue weighted by Crippen LogP contribution is 2.34. The predicted molar refractivity (Wildman–Crippen MR) is 121 cm³/mol. The number of rotatable bonds is 6. The van der Waals surface area contributed by atoms with Crippen LogP contribution in [0.4, 0.5) is 14.5 Å². The van der Waals surface area contributed by atoms with Crippen LogP contribution in [0.3, 0.4) is 0 Å². The van der Waals surface area contributed by atoms with Gasteiger partial charge in [0.1, 0.15) is 17.3 Å². The Balaban J connectivity index is 1.44. The number of fused-ring (bicyclic) bond motifs is 1. The minimum Gasteiger partial charge on any atom is -0.359 e. The van der Waals surface area contributed by atoms with E-state index in [-0.39, 0.29) is 11.3 Å². The van der Waals surface area contributed by atoms with Gasteiger partial charge in [-0.3, -0.25) is 14.8 Å². The van der Waals surface area contributed by atoms with Crippen molar-refractivity contribution in [1.82, 2.24) is 25.0 Å². The number of nitrogens with one attached hydrogen (secondary N) is 2. The van der Waals surface area contributed by atoms with Crippen LogP contribution >= 0.6 is 0 Å². The Labute approximate surface area is 184 Å². The Bertz CT molecular complexity index is 1280. The zero-order chi connectivity index (χ0) is 22.2. The second-order valence-electron chi connectivity index (χ2n) is 8.49. The van der Waals surface area contributed by atoms with Gasteiger partial charge < -0.3 is 5.32 Å². The molecule has 1 aromatic carbocycles. The van der Waals surface area contributed by atoms with Crippen LogP contribution in [0.5, 0.6) is 0 Å². The molecule has 32 heavy (non-hydrogen) atoms. The number of halogens is 2. The molecule has 3 heterocycles. The summed E-state index contributed by atoms with van der Waals surface area (Å²) in [7, 11) is 1.81. The van der Waals surface area contributed by atoms with E-state index in [1.54, 1.807) is 16.9 Å². The van der Waals surface area contributed by atoms with Crippen LogP contribution in [0.1, 0.15) is 32.1 Å². The lowest BCUT2D eigenvalue weighted by molar-refractivity contribution is 0.545. The molecule has 4 aromatic rings. The maximum absolute atomic E-state index is 15.0. The van der Waals surface area contributed by atoms with Crippen molar-refractivity contribution in [3.8, 4) is 22.5 Å². The maximum atomic E-state index is 15.0. The Kier molecular flexibility index (Phi) is 5.20. The van der Waals surface area contributed by atoms with E-state index in [1.165, 1.54) is 44.0 Å². The lowest BCUT2D eigenvalue weighted by Crippen LogP contribution is -2.05. The Morgan fingerprint density at radius 3 is 2.62 bits per heavy atom. The van der Waals surface area contributed by atoms with Gasteiger partial charge in [-0.05, 0) is 30.5 Å². The fraction of sp³-hybridized carbons (Fsp3) is 0.292. The molecule has 1 fully saturated rings. The molecule has 6 nitrogen and oxygen atoms in total. The molecule has 1 saturated carbocycles. The summed E-state index contributed by atoms with van der Waals surface area (Å²) in [6, 6.07) is 4.23. The van der Waals surface area contributed by atoms with Gasteiger partial charge in [-0.25, -0.2) is 8.78 Å². The number of aromatic nitrogens is 5. The van der Waals surface area contributed by atoms with Gasteiger partial charge in [-0.15, -0.1) is 0 Å². The van der Waals surface area contributed by atoms with Gasteiger partial charge in [0.05, 0.1) is 29.2 Å². The van der Waals surface area contributed by atoms with E-state index in [4.69, 9.17) is 0 Å². The quantitative estimate of drug-likeness (QED) is 0.402. The number of H-pyrrole nitrogens is 1. The van der Waals surface area contributed by atoms with Gasteiger partial charge in [-0.1, -0.05) is 32.3 Å². The lowest BCUT2D eigenvalue weighted by atomic mass is 10.0. The summed E-state index contributed by atoms with van der Waals surface area (Å²) in [5.41, 5.74) is 3.30. The van der Waals surface area contributed by atoms with Gasteiger partial charge in [0, 0.05) is 35.6 Å². The fourth-order valence-electron chi connectivity index (χ4n) is 4.53. The molecule has 0 aliphatic heterocycles. The lowest BCUT2D eigenvalue weighted by Gasteiger charge is -2.15. The average molecular weight is 434 g/mol. The van der Waals surface area contributed by atoms with Crippen molar-refractivity contribution in [1.29, 1.82) is 0 Å². The predicted octanol–water partition coefficient (Wildman–Crippen LogP) is 5.81. The van der Waals surface area contributed by atoms with E-state index in [0.717, 1.165) is 17.7 Å². The first-order valence-corrected chi connectivity index (χ1v) is 10.8. The van der Waals surface area contributed by atoms with Crippen molar-refractivity contribution in [3.05, 3.63) is 60.7 Å². The first kappa shape index (κ1) is 20.4. The molecule has 164 valence electrons. The van der Waals surface area contributed by atoms with Crippen molar-refractivity contribution in [3.63, 3.8) is 0 Å². The first-order chi connectivity index (χ1) is 15.5. The molecule has 5 rings (SSSR count). The number of hydrogen-bond acceptors (Lipinski definition) is 4. The summed E-state index contributed by atoms with van der Waals surface area (Å²) < 4.78 is 31.7. The number of aryl methyl sites for hydroxylation is 1. The highest BCUT2D eigenvalue weighted by atomic mass is 19.1. The van der Waals surface area contributed by atoms with Crippen LogP contribution in [-0.4, -0.2) is 25.0 Å². The largest absolute Gasteiger partial charge is 0.359 e. The van der Waals surface area contributed by atoms with Crippen LogP contribution in [0.25, 0.3) is 33.4 Å². The topological polar surface area (TPSA) is 71.4 Å². The minimum atomic E-state index is -0.681. The molecule has 0 unspecified atom stereocenters. The Hall–Kier alpha value is -3.55. The SMILES string of the molecule is C=C(CC1CCCC1)Nc1cc(F)c(-c2cc3c(-c4cnn(C)c4)n[nH]c3cn2)c(F)c1. The normalized spacial score (nSPS) is 14.3. The van der Waals surface area contributed by atoms with E-state index >= 15 is 8.78 Å². The zero-order valence-corrected chi connectivity index (χ0v) is 17.8. The van der Waals surface area contributed by atoms with Gasteiger partial charge in [0.15, 0.2) is 0 Å². The maximum Gasteiger partial charge on any atom is 0.137 e. The second-order valence-corrected chi connectivity index (χ2v) is 8.49. The van der Waals surface area contributed by atoms with Gasteiger partial charge in [-0.2, -0.15) is 10.2 Å². The van der Waals surface area contributed by atoms with Crippen LogP contribution in [0.2, 0.25) is 0 Å². The van der Waals surface area contributed by atoms with Crippen molar-refractivity contribution in [2.45, 2.75) is 32.1 Å². The summed E-state index contributed by atoms with van der Waals surface area (Å²) in [6.45, 7) is 4.04. The number of anilines is 1. The molecule has 0 atom stereocenters. The summed E-state index contributed by atoms with van der Waals surface area (Å²) in [4.78, 5) is 4.26. The van der Waals surface area contributed by atoms with Crippen LogP contribution in [0.15, 0.2) is 49.1 Å². The number of benzene rings is 1. The summed E-state index contributed by atoms with van der Waals surface area (Å²) in [6.07, 6.45) is 10.7. The van der Waals surface area contributed by atoms with Gasteiger partial charge >= 0.3 is 0 Å². The van der Waals surface area contributed by atoms with E-state index in [1.807, 2.05) is 13.2 Å². The first-order valence-electron chi connectivity index (χ1n) is 10.8. The minimum absolute atomic E-state index is 0.169. The molecule has 8 heteroatoms. The van der Waals surface area contributed by atoms with E-state index in [9.17, 15) is 0 Å². The molecule has 1 aliphatic carbocycles. The van der Waals surface area contributed by atoms with Crippen molar-refractivity contribution in [2.24, 2.45) is 13.0 Å². The molecule has 0 saturated heterocycles. The van der Waals surface area contributed by atoms with Crippen molar-refractivity contribution < 1.29 is 8.78 Å². The summed E-state index contributed by atoms with van der Waals surface area (Å²) in [5, 5.41) is 15.2. The second kappa shape index (κ2) is 8.18. The van der Waals surface area contributed by atoms with Gasteiger partial charge in [0.2, 0.25) is 0 Å². The summed E-state index contributed by atoms with van der Waals surface area (Å²) >= 11 is 0. The van der Waals surface area contributed by atoms with Crippen LogP contribution in [-0.2, 0) is 7.05 Å². The van der Waals surface area contributed by atoms with E-state index in [0.29, 0.717) is 28.2 Å².